The van der Waals surface area contributed by atoms with Crippen molar-refractivity contribution < 1.29 is 10.2 Å². The first-order valence-electron chi connectivity index (χ1n) is 4.73. The fraction of sp³-hybridized carbons (Fsp3) is 0.0769. The molecule has 0 fully saturated rings. The maximum Gasteiger partial charge on any atom is 0.115 e. The Hall–Kier alpha value is -1.80. The van der Waals surface area contributed by atoms with E-state index in [-0.39, 0.29) is 0 Å². The van der Waals surface area contributed by atoms with Gasteiger partial charge in [-0.2, -0.15) is 0 Å². The largest absolute Gasteiger partial charge is 0.508 e. The lowest BCUT2D eigenvalue weighted by molar-refractivity contribution is 0.272. The van der Waals surface area contributed by atoms with Crippen molar-refractivity contribution in [2.75, 3.05) is 0 Å². The lowest BCUT2D eigenvalue weighted by atomic mass is 10.3. The molecule has 1 aromatic rings. The summed E-state index contributed by atoms with van der Waals surface area (Å²) < 4.78 is 0. The lowest BCUT2D eigenvalue weighted by Crippen LogP contribution is -1.93. The molecule has 0 bridgehead atoms. The minimum Gasteiger partial charge on any atom is -0.508 e. The van der Waals surface area contributed by atoms with Crippen LogP contribution in [0, 0.1) is 0 Å². The van der Waals surface area contributed by atoms with Gasteiger partial charge in [-0.15, -0.1) is 0 Å². The summed E-state index contributed by atoms with van der Waals surface area (Å²) in [5.74, 6) is 0.322. The number of para-hydroxylation sites is 1. The maximum absolute atomic E-state index is 8.88. The highest BCUT2D eigenvalue weighted by Gasteiger charge is 1.88. The first-order valence-corrected chi connectivity index (χ1v) is 4.73. The predicted octanol–water partition coefficient (Wildman–Crippen LogP) is 2.42. The van der Waals surface area contributed by atoms with E-state index in [0.717, 1.165) is 0 Å². The molecule has 0 radical (unpaired) electrons. The SMILES string of the molecule is OC1C=CC=CC=C1.Oc1ccccc1. The van der Waals surface area contributed by atoms with Gasteiger partial charge in [0.2, 0.25) is 0 Å². The second-order valence-corrected chi connectivity index (χ2v) is 2.98. The zero-order chi connectivity index (χ0) is 10.9. The molecule has 2 N–H and O–H groups in total. The molecule has 0 aliphatic heterocycles. The zero-order valence-corrected chi connectivity index (χ0v) is 8.32. The average Bonchev–Trinajstić information content (AvgIpc) is 2.48. The molecule has 2 rings (SSSR count). The Morgan fingerprint density at radius 3 is 1.73 bits per heavy atom. The van der Waals surface area contributed by atoms with E-state index in [9.17, 15) is 0 Å². The van der Waals surface area contributed by atoms with E-state index in [1.54, 1.807) is 36.4 Å². The standard InChI is InChI=1S/C7H8O.C6H6O/c8-7-5-3-1-2-4-6-7;7-6-4-2-1-3-5-6/h1-8H;1-5,7H. The van der Waals surface area contributed by atoms with Crippen LogP contribution in [-0.4, -0.2) is 16.3 Å². The molecule has 78 valence electrons. The summed E-state index contributed by atoms with van der Waals surface area (Å²) in [4.78, 5) is 0. The molecule has 0 saturated heterocycles. The minimum absolute atomic E-state index is 0.322. The van der Waals surface area contributed by atoms with Gasteiger partial charge in [-0.25, -0.2) is 0 Å². The highest BCUT2D eigenvalue weighted by Crippen LogP contribution is 2.02. The van der Waals surface area contributed by atoms with Gasteiger partial charge in [-0.3, -0.25) is 0 Å². The normalized spacial score (nSPS) is 14.2. The van der Waals surface area contributed by atoms with Gasteiger partial charge in [0.05, 0.1) is 6.10 Å². The van der Waals surface area contributed by atoms with Crippen molar-refractivity contribution in [3.8, 4) is 5.75 Å². The summed E-state index contributed by atoms with van der Waals surface area (Å²) >= 11 is 0. The second kappa shape index (κ2) is 6.62. The molecule has 1 aliphatic rings. The number of rotatable bonds is 0. The van der Waals surface area contributed by atoms with E-state index < -0.39 is 6.10 Å². The van der Waals surface area contributed by atoms with Gasteiger partial charge < -0.3 is 10.2 Å². The van der Waals surface area contributed by atoms with Crippen molar-refractivity contribution in [2.24, 2.45) is 0 Å². The third-order valence-corrected chi connectivity index (χ3v) is 1.71. The Morgan fingerprint density at radius 2 is 1.33 bits per heavy atom. The van der Waals surface area contributed by atoms with Gasteiger partial charge in [0.1, 0.15) is 5.75 Å². The molecule has 2 nitrogen and oxygen atoms in total. The van der Waals surface area contributed by atoms with Crippen LogP contribution in [0.4, 0.5) is 0 Å². The van der Waals surface area contributed by atoms with Crippen LogP contribution in [0.2, 0.25) is 0 Å². The topological polar surface area (TPSA) is 40.5 Å². The molecule has 0 heterocycles. The van der Waals surface area contributed by atoms with Crippen LogP contribution >= 0.6 is 0 Å². The summed E-state index contributed by atoms with van der Waals surface area (Å²) in [5, 5.41) is 17.5. The Bertz CT molecular complexity index is 334. The molecular weight excluding hydrogens is 188 g/mol. The first-order chi connectivity index (χ1) is 7.29. The van der Waals surface area contributed by atoms with Crippen molar-refractivity contribution in [3.05, 3.63) is 66.8 Å². The molecule has 0 amide bonds. The molecule has 0 aromatic heterocycles. The van der Waals surface area contributed by atoms with Gasteiger partial charge in [0.25, 0.3) is 0 Å². The number of aliphatic hydroxyl groups is 1. The van der Waals surface area contributed by atoms with Crippen LogP contribution in [-0.2, 0) is 0 Å². The third kappa shape index (κ3) is 5.49. The number of hydrogen-bond acceptors (Lipinski definition) is 2. The van der Waals surface area contributed by atoms with Gasteiger partial charge in [-0.1, -0.05) is 54.7 Å². The number of allylic oxidation sites excluding steroid dienone is 4. The number of benzene rings is 1. The van der Waals surface area contributed by atoms with Gasteiger partial charge >= 0.3 is 0 Å². The molecule has 1 aliphatic carbocycles. The zero-order valence-electron chi connectivity index (χ0n) is 8.32. The molecule has 15 heavy (non-hydrogen) atoms. The van der Waals surface area contributed by atoms with Crippen LogP contribution in [0.3, 0.4) is 0 Å². The molecule has 0 spiro atoms. The summed E-state index contributed by atoms with van der Waals surface area (Å²) in [6.45, 7) is 0. The third-order valence-electron chi connectivity index (χ3n) is 1.71. The van der Waals surface area contributed by atoms with Crippen LogP contribution in [0.1, 0.15) is 0 Å². The van der Waals surface area contributed by atoms with Gasteiger partial charge in [-0.05, 0) is 12.1 Å². The van der Waals surface area contributed by atoms with Crippen LogP contribution in [0.5, 0.6) is 5.75 Å². The summed E-state index contributed by atoms with van der Waals surface area (Å²) in [6.07, 6.45) is 10.5. The van der Waals surface area contributed by atoms with Crippen LogP contribution < -0.4 is 0 Å². The maximum atomic E-state index is 8.88. The van der Waals surface area contributed by atoms with Crippen molar-refractivity contribution in [3.63, 3.8) is 0 Å². The monoisotopic (exact) mass is 202 g/mol. The van der Waals surface area contributed by atoms with E-state index in [1.807, 2.05) is 30.4 Å². The molecule has 0 atom stereocenters. The lowest BCUT2D eigenvalue weighted by Gasteiger charge is -1.90. The number of aromatic hydroxyl groups is 1. The van der Waals surface area contributed by atoms with Gasteiger partial charge in [0.15, 0.2) is 0 Å². The summed E-state index contributed by atoms with van der Waals surface area (Å²) in [7, 11) is 0. The predicted molar refractivity (Wildman–Crippen MR) is 61.5 cm³/mol. The Balaban J connectivity index is 0.000000151. The fourth-order valence-electron chi connectivity index (χ4n) is 0.976. The molecule has 2 heteroatoms. The summed E-state index contributed by atoms with van der Waals surface area (Å²) in [5.41, 5.74) is 0. The van der Waals surface area contributed by atoms with E-state index >= 15 is 0 Å². The van der Waals surface area contributed by atoms with E-state index in [4.69, 9.17) is 10.2 Å². The molecule has 0 saturated carbocycles. The number of aliphatic hydroxyl groups excluding tert-OH is 1. The first kappa shape index (κ1) is 11.3. The average molecular weight is 202 g/mol. The number of hydrogen-bond donors (Lipinski definition) is 2. The van der Waals surface area contributed by atoms with Crippen LogP contribution in [0.25, 0.3) is 0 Å². The fourth-order valence-corrected chi connectivity index (χ4v) is 0.976. The quantitative estimate of drug-likeness (QED) is 0.678. The van der Waals surface area contributed by atoms with Crippen molar-refractivity contribution in [2.45, 2.75) is 6.10 Å². The van der Waals surface area contributed by atoms with Crippen molar-refractivity contribution in [1.82, 2.24) is 0 Å². The minimum atomic E-state index is -0.398. The highest BCUT2D eigenvalue weighted by molar-refractivity contribution is 5.20. The van der Waals surface area contributed by atoms with Gasteiger partial charge in [0, 0.05) is 0 Å². The Labute approximate surface area is 89.5 Å². The van der Waals surface area contributed by atoms with Crippen molar-refractivity contribution >= 4 is 0 Å². The second-order valence-electron chi connectivity index (χ2n) is 2.98. The van der Waals surface area contributed by atoms with Crippen molar-refractivity contribution in [1.29, 1.82) is 0 Å². The smallest absolute Gasteiger partial charge is 0.115 e. The van der Waals surface area contributed by atoms with E-state index in [0.29, 0.717) is 5.75 Å². The number of phenolic OH excluding ortho intramolecular Hbond substituents is 1. The molecular formula is C13H14O2. The highest BCUT2D eigenvalue weighted by atomic mass is 16.3. The summed E-state index contributed by atoms with van der Waals surface area (Å²) in [6, 6.07) is 8.71. The molecule has 1 aromatic carbocycles. The Morgan fingerprint density at radius 1 is 0.800 bits per heavy atom. The number of phenols is 1. The van der Waals surface area contributed by atoms with E-state index in [1.165, 1.54) is 0 Å². The van der Waals surface area contributed by atoms with Crippen LogP contribution in [0.15, 0.2) is 66.8 Å². The molecule has 0 unspecified atom stereocenters. The van der Waals surface area contributed by atoms with E-state index in [2.05, 4.69) is 0 Å². The Kier molecular flexibility index (Phi) is 4.98.